The monoisotopic (exact) mass is 605 g/mol. The van der Waals surface area contributed by atoms with Crippen LogP contribution in [-0.2, 0) is 40.4 Å². The van der Waals surface area contributed by atoms with E-state index in [0.717, 1.165) is 17.7 Å². The third-order valence-corrected chi connectivity index (χ3v) is 9.45. The molecule has 6 rings (SSSR count). The lowest BCUT2D eigenvalue weighted by molar-refractivity contribution is -0.171. The summed E-state index contributed by atoms with van der Waals surface area (Å²) >= 11 is 0. The van der Waals surface area contributed by atoms with Crippen molar-refractivity contribution >= 4 is 17.9 Å². The van der Waals surface area contributed by atoms with Crippen LogP contribution in [0.2, 0.25) is 0 Å². The summed E-state index contributed by atoms with van der Waals surface area (Å²) < 4.78 is 28.9. The summed E-state index contributed by atoms with van der Waals surface area (Å²) in [5.74, 6) is -0.448. The predicted molar refractivity (Wildman–Crippen MR) is 158 cm³/mol. The molecule has 2 unspecified atom stereocenters. The molecule has 1 spiro atoms. The van der Waals surface area contributed by atoms with Crippen molar-refractivity contribution in [3.05, 3.63) is 71.0 Å². The molecule has 4 aliphatic rings. The number of hydrogen-bond donors (Lipinski definition) is 1. The molecule has 44 heavy (non-hydrogen) atoms. The first kappa shape index (κ1) is 30.1. The number of esters is 3. The van der Waals surface area contributed by atoms with Crippen molar-refractivity contribution in [2.75, 3.05) is 27.3 Å². The van der Waals surface area contributed by atoms with Gasteiger partial charge in [-0.1, -0.05) is 50.2 Å². The zero-order chi connectivity index (χ0) is 31.2. The largest absolute Gasteiger partial charge is 0.493 e. The van der Waals surface area contributed by atoms with Crippen LogP contribution in [0.15, 0.2) is 54.3 Å². The smallest absolute Gasteiger partial charge is 0.352 e. The van der Waals surface area contributed by atoms with Gasteiger partial charge in [0.2, 0.25) is 6.10 Å². The van der Waals surface area contributed by atoms with Gasteiger partial charge in [0.25, 0.3) is 0 Å². The highest BCUT2D eigenvalue weighted by Crippen LogP contribution is 2.65. The molecule has 2 heterocycles. The van der Waals surface area contributed by atoms with Gasteiger partial charge in [-0.15, -0.1) is 0 Å². The number of methoxy groups -OCH3 is 1. The second kappa shape index (κ2) is 11.6. The third-order valence-electron chi connectivity index (χ3n) is 9.45. The number of carbonyl (C=O) groups excluding carboxylic acids is 3. The first-order valence-electron chi connectivity index (χ1n) is 15.2. The number of carbonyl (C=O) groups is 3. The van der Waals surface area contributed by atoms with E-state index in [1.807, 2.05) is 33.0 Å². The molecule has 1 saturated heterocycles. The van der Waals surface area contributed by atoms with E-state index in [4.69, 9.17) is 23.7 Å². The van der Waals surface area contributed by atoms with E-state index in [1.165, 1.54) is 0 Å². The van der Waals surface area contributed by atoms with Gasteiger partial charge >= 0.3 is 17.9 Å². The number of likely N-dealkylation sites (tertiary alicyclic amines) is 1. The van der Waals surface area contributed by atoms with Crippen molar-refractivity contribution < 1.29 is 43.2 Å². The molecule has 234 valence electrons. The van der Waals surface area contributed by atoms with Crippen LogP contribution in [-0.4, -0.2) is 73.0 Å². The summed E-state index contributed by atoms with van der Waals surface area (Å²) in [4.78, 5) is 40.9. The van der Waals surface area contributed by atoms with Gasteiger partial charge in [0.1, 0.15) is 5.76 Å². The number of ether oxygens (including phenoxy) is 5. The lowest BCUT2D eigenvalue weighted by Gasteiger charge is -2.61. The van der Waals surface area contributed by atoms with Crippen LogP contribution in [0.25, 0.3) is 0 Å². The maximum Gasteiger partial charge on any atom is 0.352 e. The van der Waals surface area contributed by atoms with Gasteiger partial charge in [0.05, 0.1) is 37.6 Å². The minimum absolute atomic E-state index is 0.115. The highest BCUT2D eigenvalue weighted by molar-refractivity contribution is 5.83. The van der Waals surface area contributed by atoms with Crippen LogP contribution in [0.3, 0.4) is 0 Å². The summed E-state index contributed by atoms with van der Waals surface area (Å²) in [6, 6.07) is 12.4. The molecule has 2 aromatic rings. The van der Waals surface area contributed by atoms with Gasteiger partial charge in [0, 0.05) is 23.6 Å². The van der Waals surface area contributed by atoms with Gasteiger partial charge in [0.15, 0.2) is 17.6 Å². The molecular formula is C34H39NO9. The number of likely N-dealkylation sites (N-methyl/N-ethyl adjacent to an activating group) is 1. The van der Waals surface area contributed by atoms with Crippen molar-refractivity contribution in [3.8, 4) is 11.5 Å². The first-order valence-corrected chi connectivity index (χ1v) is 15.2. The maximum absolute atomic E-state index is 13.1. The standard InChI is InChI=1S/C34H39NO9/c1-20(2)19-41-32(38)29(21-8-6-5-7-9-21)43-27(37)13-12-26(36)42-24-14-15-34(39)25-18-22-10-11-23(40-4)30-28(22)33(34,31(24)44-30)16-17-35(25)3/h5-11,14,20,25,29,31,39H,12-13,15-19H2,1-4H3/t25?,29-,31-,33-,34?/m0/s1. The van der Waals surface area contributed by atoms with Crippen LogP contribution in [0.4, 0.5) is 0 Å². The van der Waals surface area contributed by atoms with Crippen molar-refractivity contribution in [2.45, 2.75) is 75.2 Å². The maximum atomic E-state index is 13.1. The molecule has 0 aromatic heterocycles. The van der Waals surface area contributed by atoms with Gasteiger partial charge in [-0.05, 0) is 50.1 Å². The van der Waals surface area contributed by atoms with E-state index in [1.54, 1.807) is 43.5 Å². The van der Waals surface area contributed by atoms with Crippen molar-refractivity contribution in [3.63, 3.8) is 0 Å². The predicted octanol–water partition coefficient (Wildman–Crippen LogP) is 3.78. The molecule has 1 fully saturated rings. The summed E-state index contributed by atoms with van der Waals surface area (Å²) in [5, 5.41) is 12.3. The van der Waals surface area contributed by atoms with Gasteiger partial charge in [-0.3, -0.25) is 9.59 Å². The molecule has 10 heteroatoms. The van der Waals surface area contributed by atoms with Crippen LogP contribution < -0.4 is 9.47 Å². The van der Waals surface area contributed by atoms with Crippen LogP contribution in [0.5, 0.6) is 11.5 Å². The number of nitrogens with zero attached hydrogens (tertiary/aromatic N) is 1. The second-order valence-electron chi connectivity index (χ2n) is 12.6. The third kappa shape index (κ3) is 4.84. The quantitative estimate of drug-likeness (QED) is 0.316. The number of piperidine rings is 1. The molecule has 5 atom stereocenters. The molecule has 2 bridgehead atoms. The molecular weight excluding hydrogens is 566 g/mol. The van der Waals surface area contributed by atoms with Gasteiger partial charge in [-0.2, -0.15) is 0 Å². The highest BCUT2D eigenvalue weighted by Gasteiger charge is 2.72. The molecule has 1 N–H and O–H groups in total. The van der Waals surface area contributed by atoms with Crippen molar-refractivity contribution in [2.24, 2.45) is 5.92 Å². The first-order chi connectivity index (χ1) is 21.1. The molecule has 2 aliphatic carbocycles. The molecule has 0 radical (unpaired) electrons. The SMILES string of the molecule is COc1ccc2c3c1O[C@H]1C(OC(=O)CCC(=O)O[C@H](C(=O)OCC(C)C)c4ccccc4)=CCC4(O)C(C2)N(C)CC[C@]314. The fourth-order valence-electron chi connectivity index (χ4n) is 7.37. The lowest BCUT2D eigenvalue weighted by Crippen LogP contribution is -2.74. The molecule has 10 nitrogen and oxygen atoms in total. The normalized spacial score (nSPS) is 27.0. The molecule has 2 aromatic carbocycles. The lowest BCUT2D eigenvalue weighted by atomic mass is 9.50. The highest BCUT2D eigenvalue weighted by atomic mass is 16.6. The Morgan fingerprint density at radius 3 is 2.57 bits per heavy atom. The fraction of sp³-hybridized carbons (Fsp3) is 0.500. The number of hydrogen-bond acceptors (Lipinski definition) is 10. The second-order valence-corrected chi connectivity index (χ2v) is 12.6. The average molecular weight is 606 g/mol. The zero-order valence-corrected chi connectivity index (χ0v) is 25.5. The Kier molecular flexibility index (Phi) is 7.92. The van der Waals surface area contributed by atoms with E-state index >= 15 is 0 Å². The zero-order valence-electron chi connectivity index (χ0n) is 25.5. The number of rotatable bonds is 10. The number of aliphatic hydroxyl groups is 1. The van der Waals surface area contributed by atoms with E-state index in [2.05, 4.69) is 4.90 Å². The average Bonchev–Trinajstić information content (AvgIpc) is 3.37. The Bertz CT molecular complexity index is 1490. The van der Waals surface area contributed by atoms with Crippen LogP contribution in [0.1, 0.15) is 62.3 Å². The minimum Gasteiger partial charge on any atom is -0.493 e. The Morgan fingerprint density at radius 2 is 1.84 bits per heavy atom. The number of benzene rings is 2. The Balaban J connectivity index is 1.17. The summed E-state index contributed by atoms with van der Waals surface area (Å²) in [7, 11) is 3.61. The topological polar surface area (TPSA) is 121 Å². The molecule has 0 amide bonds. The van der Waals surface area contributed by atoms with Crippen molar-refractivity contribution in [1.29, 1.82) is 0 Å². The van der Waals surface area contributed by atoms with E-state index in [0.29, 0.717) is 42.1 Å². The summed E-state index contributed by atoms with van der Waals surface area (Å²) in [6.07, 6.45) is 0.797. The minimum atomic E-state index is -1.24. The summed E-state index contributed by atoms with van der Waals surface area (Å²) in [5.41, 5.74) is 0.596. The van der Waals surface area contributed by atoms with Crippen LogP contribution in [0, 0.1) is 5.92 Å². The van der Waals surface area contributed by atoms with Crippen molar-refractivity contribution in [1.82, 2.24) is 4.90 Å². The van der Waals surface area contributed by atoms with E-state index in [-0.39, 0.29) is 31.4 Å². The Morgan fingerprint density at radius 1 is 1.09 bits per heavy atom. The Hall–Kier alpha value is -3.89. The fourth-order valence-corrected chi connectivity index (χ4v) is 7.37. The van der Waals surface area contributed by atoms with E-state index in [9.17, 15) is 19.5 Å². The van der Waals surface area contributed by atoms with E-state index < -0.39 is 41.1 Å². The van der Waals surface area contributed by atoms with Gasteiger partial charge in [-0.25, -0.2) is 4.79 Å². The summed E-state index contributed by atoms with van der Waals surface area (Å²) in [6.45, 7) is 4.76. The van der Waals surface area contributed by atoms with Gasteiger partial charge < -0.3 is 33.7 Å². The molecule has 0 saturated carbocycles. The molecule has 2 aliphatic heterocycles. The van der Waals surface area contributed by atoms with Crippen LogP contribution >= 0.6 is 0 Å². The Labute approximate surface area is 256 Å².